The predicted octanol–water partition coefficient (Wildman–Crippen LogP) is 2.13. The van der Waals surface area contributed by atoms with E-state index in [-0.39, 0.29) is 5.92 Å². The van der Waals surface area contributed by atoms with E-state index >= 15 is 0 Å². The molecular formula is C13H15NO3. The summed E-state index contributed by atoms with van der Waals surface area (Å²) in [6, 6.07) is 8.82. The van der Waals surface area contributed by atoms with Crippen LogP contribution in [0.15, 0.2) is 24.3 Å². The van der Waals surface area contributed by atoms with Crippen LogP contribution < -0.4 is 4.74 Å². The lowest BCUT2D eigenvalue weighted by Gasteiger charge is -2.20. The van der Waals surface area contributed by atoms with Gasteiger partial charge in [-0.3, -0.25) is 0 Å². The molecule has 0 N–H and O–H groups in total. The van der Waals surface area contributed by atoms with Crippen molar-refractivity contribution in [3.05, 3.63) is 29.8 Å². The molecule has 0 aromatic heterocycles. The van der Waals surface area contributed by atoms with E-state index < -0.39 is 12.1 Å². The van der Waals surface area contributed by atoms with Gasteiger partial charge in [0.1, 0.15) is 11.8 Å². The molecule has 1 aromatic carbocycles. The van der Waals surface area contributed by atoms with E-state index in [1.54, 1.807) is 24.3 Å². The molecule has 0 aliphatic carbocycles. The Balaban J connectivity index is 2.94. The summed E-state index contributed by atoms with van der Waals surface area (Å²) in [4.78, 5) is 11.5. The van der Waals surface area contributed by atoms with Crippen molar-refractivity contribution in [2.24, 2.45) is 5.92 Å². The SMILES string of the molecule is COC(=O)C(Oc1ccccc1C#N)C(C)C. The minimum absolute atomic E-state index is 0.0331. The fraction of sp³-hybridized carbons (Fsp3) is 0.385. The Kier molecular flexibility index (Phi) is 4.53. The van der Waals surface area contributed by atoms with Gasteiger partial charge < -0.3 is 9.47 Å². The maximum atomic E-state index is 11.5. The number of benzene rings is 1. The first-order valence-corrected chi connectivity index (χ1v) is 5.33. The normalized spacial score (nSPS) is 11.7. The fourth-order valence-electron chi connectivity index (χ4n) is 1.37. The van der Waals surface area contributed by atoms with Crippen LogP contribution in [0.3, 0.4) is 0 Å². The Labute approximate surface area is 101 Å². The zero-order valence-corrected chi connectivity index (χ0v) is 10.1. The van der Waals surface area contributed by atoms with Crippen LogP contribution in [-0.2, 0) is 9.53 Å². The summed E-state index contributed by atoms with van der Waals surface area (Å²) in [5, 5.41) is 8.92. The number of para-hydroxylation sites is 1. The molecule has 0 amide bonds. The third kappa shape index (κ3) is 3.22. The molecule has 90 valence electrons. The first-order chi connectivity index (χ1) is 8.10. The fourth-order valence-corrected chi connectivity index (χ4v) is 1.37. The van der Waals surface area contributed by atoms with Crippen LogP contribution in [0.5, 0.6) is 5.75 Å². The summed E-state index contributed by atoms with van der Waals surface area (Å²) in [7, 11) is 1.32. The number of nitriles is 1. The van der Waals surface area contributed by atoms with E-state index in [9.17, 15) is 4.79 Å². The van der Waals surface area contributed by atoms with Crippen molar-refractivity contribution in [1.29, 1.82) is 5.26 Å². The zero-order valence-electron chi connectivity index (χ0n) is 10.1. The van der Waals surface area contributed by atoms with Crippen LogP contribution in [0, 0.1) is 17.2 Å². The van der Waals surface area contributed by atoms with Crippen molar-refractivity contribution in [1.82, 2.24) is 0 Å². The molecule has 17 heavy (non-hydrogen) atoms. The Morgan fingerprint density at radius 3 is 2.53 bits per heavy atom. The maximum Gasteiger partial charge on any atom is 0.347 e. The molecule has 0 saturated heterocycles. The minimum atomic E-state index is -0.700. The van der Waals surface area contributed by atoms with Gasteiger partial charge in [-0.2, -0.15) is 5.26 Å². The average Bonchev–Trinajstić information content (AvgIpc) is 2.35. The first-order valence-electron chi connectivity index (χ1n) is 5.33. The predicted molar refractivity (Wildman–Crippen MR) is 62.4 cm³/mol. The molecule has 0 radical (unpaired) electrons. The number of esters is 1. The molecule has 0 aliphatic heterocycles. The van der Waals surface area contributed by atoms with Gasteiger partial charge in [-0.05, 0) is 12.1 Å². The lowest BCUT2D eigenvalue weighted by Crippen LogP contribution is -2.33. The van der Waals surface area contributed by atoms with E-state index in [0.29, 0.717) is 11.3 Å². The second-order valence-electron chi connectivity index (χ2n) is 3.91. The molecular weight excluding hydrogens is 218 g/mol. The standard InChI is InChI=1S/C13H15NO3/c1-9(2)12(13(15)16-3)17-11-7-5-4-6-10(11)8-14/h4-7,9,12H,1-3H3. The molecule has 1 unspecified atom stereocenters. The highest BCUT2D eigenvalue weighted by atomic mass is 16.6. The highest BCUT2D eigenvalue weighted by Crippen LogP contribution is 2.21. The summed E-state index contributed by atoms with van der Waals surface area (Å²) >= 11 is 0. The minimum Gasteiger partial charge on any atom is -0.477 e. The van der Waals surface area contributed by atoms with E-state index in [0.717, 1.165) is 0 Å². The van der Waals surface area contributed by atoms with Gasteiger partial charge in [0.05, 0.1) is 12.7 Å². The second kappa shape index (κ2) is 5.90. The van der Waals surface area contributed by atoms with Crippen LogP contribution >= 0.6 is 0 Å². The van der Waals surface area contributed by atoms with Gasteiger partial charge in [-0.25, -0.2) is 4.79 Å². The molecule has 0 heterocycles. The Bertz CT molecular complexity index is 435. The molecule has 1 atom stereocenters. The zero-order chi connectivity index (χ0) is 12.8. The van der Waals surface area contributed by atoms with E-state index in [2.05, 4.69) is 4.74 Å². The summed E-state index contributed by atoms with van der Waals surface area (Å²) in [6.07, 6.45) is -0.700. The number of methoxy groups -OCH3 is 1. The summed E-state index contributed by atoms with van der Waals surface area (Å²) < 4.78 is 10.2. The molecule has 0 fully saturated rings. The molecule has 1 aromatic rings. The second-order valence-corrected chi connectivity index (χ2v) is 3.91. The van der Waals surface area contributed by atoms with E-state index in [4.69, 9.17) is 10.00 Å². The largest absolute Gasteiger partial charge is 0.477 e. The van der Waals surface area contributed by atoms with Gasteiger partial charge in [-0.1, -0.05) is 26.0 Å². The van der Waals surface area contributed by atoms with Gasteiger partial charge in [0, 0.05) is 5.92 Å². The Morgan fingerprint density at radius 2 is 2.00 bits per heavy atom. The lowest BCUT2D eigenvalue weighted by atomic mass is 10.1. The van der Waals surface area contributed by atoms with Crippen LogP contribution in [0.2, 0.25) is 0 Å². The maximum absolute atomic E-state index is 11.5. The molecule has 4 nitrogen and oxygen atoms in total. The molecule has 1 rings (SSSR count). The number of carbonyl (C=O) groups excluding carboxylic acids is 1. The monoisotopic (exact) mass is 233 g/mol. The molecule has 0 spiro atoms. The summed E-state index contributed by atoms with van der Waals surface area (Å²) in [5.41, 5.74) is 0.405. The quantitative estimate of drug-likeness (QED) is 0.747. The summed E-state index contributed by atoms with van der Waals surface area (Å²) in [6.45, 7) is 3.72. The van der Waals surface area contributed by atoms with Crippen molar-refractivity contribution in [2.45, 2.75) is 20.0 Å². The van der Waals surface area contributed by atoms with E-state index in [1.165, 1.54) is 7.11 Å². The Morgan fingerprint density at radius 1 is 1.35 bits per heavy atom. The van der Waals surface area contributed by atoms with Crippen molar-refractivity contribution < 1.29 is 14.3 Å². The number of rotatable bonds is 4. The smallest absolute Gasteiger partial charge is 0.347 e. The lowest BCUT2D eigenvalue weighted by molar-refractivity contribution is -0.150. The molecule has 0 bridgehead atoms. The third-order valence-electron chi connectivity index (χ3n) is 2.30. The topological polar surface area (TPSA) is 59.3 Å². The van der Waals surface area contributed by atoms with E-state index in [1.807, 2.05) is 19.9 Å². The van der Waals surface area contributed by atoms with Gasteiger partial charge in [-0.15, -0.1) is 0 Å². The van der Waals surface area contributed by atoms with Gasteiger partial charge in [0.25, 0.3) is 0 Å². The number of nitrogens with zero attached hydrogens (tertiary/aromatic N) is 1. The van der Waals surface area contributed by atoms with Gasteiger partial charge >= 0.3 is 5.97 Å². The van der Waals surface area contributed by atoms with Gasteiger partial charge in [0.15, 0.2) is 6.10 Å². The van der Waals surface area contributed by atoms with Crippen LogP contribution in [0.25, 0.3) is 0 Å². The van der Waals surface area contributed by atoms with Crippen LogP contribution in [0.4, 0.5) is 0 Å². The average molecular weight is 233 g/mol. The van der Waals surface area contributed by atoms with Crippen molar-refractivity contribution in [3.63, 3.8) is 0 Å². The molecule has 0 saturated carbocycles. The number of hydrogen-bond acceptors (Lipinski definition) is 4. The molecule has 4 heteroatoms. The van der Waals surface area contributed by atoms with Gasteiger partial charge in [0.2, 0.25) is 0 Å². The van der Waals surface area contributed by atoms with Crippen LogP contribution in [-0.4, -0.2) is 19.2 Å². The third-order valence-corrected chi connectivity index (χ3v) is 2.30. The number of hydrogen-bond donors (Lipinski definition) is 0. The number of carbonyl (C=O) groups is 1. The van der Waals surface area contributed by atoms with Crippen molar-refractivity contribution in [3.8, 4) is 11.8 Å². The molecule has 0 aliphatic rings. The highest BCUT2D eigenvalue weighted by molar-refractivity contribution is 5.75. The van der Waals surface area contributed by atoms with Crippen molar-refractivity contribution in [2.75, 3.05) is 7.11 Å². The highest BCUT2D eigenvalue weighted by Gasteiger charge is 2.25. The van der Waals surface area contributed by atoms with Crippen LogP contribution in [0.1, 0.15) is 19.4 Å². The Hall–Kier alpha value is -2.02. The number of ether oxygens (including phenoxy) is 2. The first kappa shape index (κ1) is 13.0. The summed E-state index contributed by atoms with van der Waals surface area (Å²) in [5.74, 6) is -0.0685. The van der Waals surface area contributed by atoms with Crippen molar-refractivity contribution >= 4 is 5.97 Å².